The highest BCUT2D eigenvalue weighted by Crippen LogP contribution is 2.29. The van der Waals surface area contributed by atoms with Crippen LogP contribution in [0.15, 0.2) is 120 Å². The van der Waals surface area contributed by atoms with Gasteiger partial charge in [0.15, 0.2) is 0 Å². The Hall–Kier alpha value is -4.75. The molecule has 2 aromatic heterocycles. The first-order chi connectivity index (χ1) is 19.7. The lowest BCUT2D eigenvalue weighted by Crippen LogP contribution is -2.36. The van der Waals surface area contributed by atoms with E-state index in [0.717, 1.165) is 21.7 Å². The molecule has 7 heteroatoms. The van der Waals surface area contributed by atoms with Gasteiger partial charge in [-0.25, -0.2) is 4.68 Å². The molecular formula is C33H30N4O2S. The average Bonchev–Trinajstić information content (AvgIpc) is 3.68. The quantitative estimate of drug-likeness (QED) is 0.127. The van der Waals surface area contributed by atoms with Crippen molar-refractivity contribution in [1.29, 1.82) is 0 Å². The van der Waals surface area contributed by atoms with Crippen LogP contribution < -0.4 is 10.6 Å². The molecule has 5 rings (SSSR count). The fraction of sp³-hybridized carbons (Fsp3) is 0.121. The van der Waals surface area contributed by atoms with Crippen LogP contribution in [0.4, 0.5) is 0 Å². The summed E-state index contributed by atoms with van der Waals surface area (Å²) in [7, 11) is 0. The number of thiophene rings is 1. The standard InChI is InChI=1S/C33H30N4O2S/c38-32(34-20-18-25-11-4-1-5-12-25)29(33(39)35-21-19-26-13-6-2-7-14-26)23-27-24-37(28-15-8-3-9-16-28)36-31(27)30-17-10-22-40-30/h1-17,22-24H,18-21H2,(H,34,38)(H,35,39). The first-order valence-corrected chi connectivity index (χ1v) is 14.1. The minimum absolute atomic E-state index is 0.0477. The number of amides is 2. The van der Waals surface area contributed by atoms with Crippen molar-refractivity contribution in [2.45, 2.75) is 12.8 Å². The fourth-order valence-corrected chi connectivity index (χ4v) is 5.05. The molecule has 0 saturated carbocycles. The first kappa shape index (κ1) is 26.8. The normalized spacial score (nSPS) is 10.6. The number of nitrogens with one attached hydrogen (secondary N) is 2. The molecule has 0 bridgehead atoms. The van der Waals surface area contributed by atoms with Crippen molar-refractivity contribution < 1.29 is 9.59 Å². The van der Waals surface area contributed by atoms with Gasteiger partial charge in [0.1, 0.15) is 11.3 Å². The van der Waals surface area contributed by atoms with Crippen LogP contribution in [0.3, 0.4) is 0 Å². The van der Waals surface area contributed by atoms with Crippen LogP contribution in [-0.4, -0.2) is 34.7 Å². The highest BCUT2D eigenvalue weighted by Gasteiger charge is 2.21. The van der Waals surface area contributed by atoms with Crippen molar-refractivity contribution >= 4 is 29.2 Å². The average molecular weight is 547 g/mol. The second kappa shape index (κ2) is 13.4. The van der Waals surface area contributed by atoms with Gasteiger partial charge in [-0.05, 0) is 53.6 Å². The Bertz CT molecular complexity index is 1500. The minimum atomic E-state index is -0.419. The molecule has 0 aliphatic carbocycles. The molecule has 0 unspecified atom stereocenters. The second-order valence-electron chi connectivity index (χ2n) is 9.23. The topological polar surface area (TPSA) is 76.0 Å². The highest BCUT2D eigenvalue weighted by atomic mass is 32.1. The molecule has 0 aliphatic rings. The van der Waals surface area contributed by atoms with Crippen LogP contribution in [0.25, 0.3) is 22.3 Å². The predicted octanol–water partition coefficient (Wildman–Crippen LogP) is 5.70. The lowest BCUT2D eigenvalue weighted by molar-refractivity contribution is -0.123. The van der Waals surface area contributed by atoms with Crippen molar-refractivity contribution in [3.8, 4) is 16.3 Å². The van der Waals surface area contributed by atoms with E-state index in [2.05, 4.69) is 10.6 Å². The number of rotatable bonds is 11. The maximum absolute atomic E-state index is 13.4. The third-order valence-electron chi connectivity index (χ3n) is 6.39. The highest BCUT2D eigenvalue weighted by molar-refractivity contribution is 7.13. The Labute approximate surface area is 238 Å². The van der Waals surface area contributed by atoms with Gasteiger partial charge in [0.05, 0.1) is 10.6 Å². The van der Waals surface area contributed by atoms with Crippen LogP contribution in [0, 0.1) is 0 Å². The van der Waals surface area contributed by atoms with Gasteiger partial charge in [0.25, 0.3) is 11.8 Å². The Morgan fingerprint density at radius 2 is 1.27 bits per heavy atom. The van der Waals surface area contributed by atoms with E-state index in [-0.39, 0.29) is 5.57 Å². The monoisotopic (exact) mass is 546 g/mol. The van der Waals surface area contributed by atoms with Gasteiger partial charge in [0.2, 0.25) is 0 Å². The van der Waals surface area contributed by atoms with Crippen LogP contribution in [0.2, 0.25) is 0 Å². The number of aromatic nitrogens is 2. The number of carbonyl (C=O) groups excluding carboxylic acids is 2. The van der Waals surface area contributed by atoms with Crippen LogP contribution in [0.5, 0.6) is 0 Å². The zero-order valence-electron chi connectivity index (χ0n) is 22.0. The van der Waals surface area contributed by atoms with E-state index in [9.17, 15) is 9.59 Å². The van der Waals surface area contributed by atoms with E-state index in [1.807, 2.05) is 115 Å². The summed E-state index contributed by atoms with van der Waals surface area (Å²) >= 11 is 1.56. The molecule has 6 nitrogen and oxygen atoms in total. The minimum Gasteiger partial charge on any atom is -0.352 e. The van der Waals surface area contributed by atoms with E-state index in [4.69, 9.17) is 5.10 Å². The summed E-state index contributed by atoms with van der Waals surface area (Å²) in [6.45, 7) is 0.830. The van der Waals surface area contributed by atoms with Gasteiger partial charge in [-0.2, -0.15) is 5.10 Å². The number of nitrogens with zero attached hydrogens (tertiary/aromatic N) is 2. The smallest absolute Gasteiger partial charge is 0.256 e. The zero-order valence-corrected chi connectivity index (χ0v) is 22.8. The van der Waals surface area contributed by atoms with Crippen LogP contribution >= 0.6 is 11.3 Å². The summed E-state index contributed by atoms with van der Waals surface area (Å²) in [6, 6.07) is 33.6. The molecule has 0 radical (unpaired) electrons. The molecule has 2 amide bonds. The molecule has 2 N–H and O–H groups in total. The molecular weight excluding hydrogens is 516 g/mol. The summed E-state index contributed by atoms with van der Waals surface area (Å²) < 4.78 is 1.78. The Morgan fingerprint density at radius 3 is 1.80 bits per heavy atom. The molecule has 5 aromatic rings. The van der Waals surface area contributed by atoms with Crippen molar-refractivity contribution in [3.63, 3.8) is 0 Å². The van der Waals surface area contributed by atoms with Crippen molar-refractivity contribution in [3.05, 3.63) is 137 Å². The molecule has 0 spiro atoms. The largest absolute Gasteiger partial charge is 0.352 e. The SMILES string of the molecule is O=C(NCCc1ccccc1)C(=Cc1cn(-c2ccccc2)nc1-c1cccs1)C(=O)NCCc1ccccc1. The lowest BCUT2D eigenvalue weighted by Gasteiger charge is -2.11. The van der Waals surface area contributed by atoms with Crippen molar-refractivity contribution in [2.75, 3.05) is 13.1 Å². The molecule has 3 aromatic carbocycles. The zero-order chi connectivity index (χ0) is 27.6. The second-order valence-corrected chi connectivity index (χ2v) is 10.2. The maximum atomic E-state index is 13.4. The summed E-state index contributed by atoms with van der Waals surface area (Å²) in [5.41, 5.74) is 4.57. The maximum Gasteiger partial charge on any atom is 0.256 e. The number of para-hydroxylation sites is 1. The Morgan fingerprint density at radius 1 is 0.725 bits per heavy atom. The number of hydrogen-bond acceptors (Lipinski definition) is 4. The molecule has 40 heavy (non-hydrogen) atoms. The number of benzene rings is 3. The van der Waals surface area contributed by atoms with Crippen molar-refractivity contribution in [2.24, 2.45) is 0 Å². The summed E-state index contributed by atoms with van der Waals surface area (Å²) in [4.78, 5) is 27.8. The van der Waals surface area contributed by atoms with E-state index in [1.165, 1.54) is 0 Å². The molecule has 0 fully saturated rings. The van der Waals surface area contributed by atoms with E-state index in [1.54, 1.807) is 22.1 Å². The third kappa shape index (κ3) is 7.01. The first-order valence-electron chi connectivity index (χ1n) is 13.2. The Kier molecular flexibility index (Phi) is 8.96. The fourth-order valence-electron chi connectivity index (χ4n) is 4.32. The van der Waals surface area contributed by atoms with Crippen LogP contribution in [-0.2, 0) is 22.4 Å². The Balaban J connectivity index is 1.42. The third-order valence-corrected chi connectivity index (χ3v) is 7.27. The van der Waals surface area contributed by atoms with Crippen molar-refractivity contribution in [1.82, 2.24) is 20.4 Å². The van der Waals surface area contributed by atoms with Gasteiger partial charge in [-0.3, -0.25) is 9.59 Å². The summed E-state index contributed by atoms with van der Waals surface area (Å²) in [6.07, 6.45) is 4.85. The molecule has 200 valence electrons. The van der Waals surface area contributed by atoms with E-state index >= 15 is 0 Å². The molecule has 0 atom stereocenters. The molecule has 0 saturated heterocycles. The molecule has 0 aliphatic heterocycles. The summed E-state index contributed by atoms with van der Waals surface area (Å²) in [5, 5.41) is 12.7. The van der Waals surface area contributed by atoms with Gasteiger partial charge in [0, 0.05) is 24.8 Å². The molecule has 2 heterocycles. The summed E-state index contributed by atoms with van der Waals surface area (Å²) in [5.74, 6) is -0.838. The predicted molar refractivity (Wildman–Crippen MR) is 161 cm³/mol. The van der Waals surface area contributed by atoms with Gasteiger partial charge >= 0.3 is 0 Å². The van der Waals surface area contributed by atoms with Gasteiger partial charge < -0.3 is 10.6 Å². The van der Waals surface area contributed by atoms with Crippen LogP contribution in [0.1, 0.15) is 16.7 Å². The number of carbonyl (C=O) groups is 2. The lowest BCUT2D eigenvalue weighted by atomic mass is 10.1. The van der Waals surface area contributed by atoms with E-state index in [0.29, 0.717) is 37.2 Å². The van der Waals surface area contributed by atoms with Gasteiger partial charge in [-0.1, -0.05) is 84.9 Å². The van der Waals surface area contributed by atoms with Gasteiger partial charge in [-0.15, -0.1) is 11.3 Å². The van der Waals surface area contributed by atoms with E-state index < -0.39 is 11.8 Å². The number of hydrogen-bond donors (Lipinski definition) is 2.